The lowest BCUT2D eigenvalue weighted by Crippen LogP contribution is -2.20. The maximum atomic E-state index is 13.7. The molecule has 7 heteroatoms. The van der Waals surface area contributed by atoms with Crippen LogP contribution in [0, 0.1) is 23.4 Å². The second-order valence-electron chi connectivity index (χ2n) is 5.33. The Balaban J connectivity index is 2.21. The molecule has 0 aliphatic rings. The van der Waals surface area contributed by atoms with E-state index in [1.807, 2.05) is 13.8 Å². The third kappa shape index (κ3) is 3.41. The molecule has 0 aliphatic carbocycles. The van der Waals surface area contributed by atoms with Gasteiger partial charge in [0.05, 0.1) is 0 Å². The average Bonchev–Trinajstić information content (AvgIpc) is 2.82. The van der Waals surface area contributed by atoms with Crippen LogP contribution in [-0.2, 0) is 13.0 Å². The predicted octanol–water partition coefficient (Wildman–Crippen LogP) is 2.59. The maximum Gasteiger partial charge on any atom is 0.194 e. The van der Waals surface area contributed by atoms with Gasteiger partial charge in [-0.2, -0.15) is 5.10 Å². The Morgan fingerprint density at radius 1 is 1.19 bits per heavy atom. The normalized spacial score (nSPS) is 12.9. The van der Waals surface area contributed by atoms with Crippen LogP contribution in [0.25, 0.3) is 0 Å². The van der Waals surface area contributed by atoms with Gasteiger partial charge in [-0.05, 0) is 12.0 Å². The molecular formula is C14H17F3N4. The van der Waals surface area contributed by atoms with Gasteiger partial charge < -0.3 is 5.73 Å². The van der Waals surface area contributed by atoms with Gasteiger partial charge in [0.15, 0.2) is 17.5 Å². The Hall–Kier alpha value is -1.89. The molecule has 21 heavy (non-hydrogen) atoms. The minimum absolute atomic E-state index is 0.0759. The van der Waals surface area contributed by atoms with Crippen molar-refractivity contribution in [2.24, 2.45) is 11.7 Å². The van der Waals surface area contributed by atoms with Crippen LogP contribution in [0.2, 0.25) is 0 Å². The monoisotopic (exact) mass is 298 g/mol. The van der Waals surface area contributed by atoms with Gasteiger partial charge in [-0.3, -0.25) is 0 Å². The van der Waals surface area contributed by atoms with E-state index in [0.717, 1.165) is 12.1 Å². The lowest BCUT2D eigenvalue weighted by Gasteiger charge is -2.14. The smallest absolute Gasteiger partial charge is 0.194 e. The molecule has 1 atom stereocenters. The molecule has 2 N–H and O–H groups in total. The van der Waals surface area contributed by atoms with E-state index in [1.54, 1.807) is 4.68 Å². The summed E-state index contributed by atoms with van der Waals surface area (Å²) in [5.74, 6) is -3.04. The molecule has 1 heterocycles. The van der Waals surface area contributed by atoms with Gasteiger partial charge in [-0.25, -0.2) is 22.8 Å². The Morgan fingerprint density at radius 3 is 2.57 bits per heavy atom. The summed E-state index contributed by atoms with van der Waals surface area (Å²) in [5.41, 5.74) is 5.82. The zero-order chi connectivity index (χ0) is 15.6. The molecule has 2 aromatic rings. The SMILES string of the molecule is CC(C)Cn1ncnc1CC(N)c1ccc(F)c(F)c1F. The fraction of sp³-hybridized carbons (Fsp3) is 0.429. The molecule has 0 bridgehead atoms. The number of halogens is 3. The highest BCUT2D eigenvalue weighted by Gasteiger charge is 2.20. The first kappa shape index (κ1) is 15.5. The molecule has 4 nitrogen and oxygen atoms in total. The Morgan fingerprint density at radius 2 is 1.90 bits per heavy atom. The summed E-state index contributed by atoms with van der Waals surface area (Å²) in [6.07, 6.45) is 1.58. The third-order valence-corrected chi connectivity index (χ3v) is 3.10. The lowest BCUT2D eigenvalue weighted by atomic mass is 10.0. The van der Waals surface area contributed by atoms with Crippen LogP contribution < -0.4 is 5.73 Å². The Kier molecular flexibility index (Phi) is 4.62. The highest BCUT2D eigenvalue weighted by Crippen LogP contribution is 2.22. The molecule has 1 unspecified atom stereocenters. The minimum Gasteiger partial charge on any atom is -0.323 e. The molecule has 0 saturated heterocycles. The van der Waals surface area contributed by atoms with Crippen molar-refractivity contribution >= 4 is 0 Å². The summed E-state index contributed by atoms with van der Waals surface area (Å²) in [5, 5.41) is 4.08. The minimum atomic E-state index is -1.51. The summed E-state index contributed by atoms with van der Waals surface area (Å²) in [6.45, 7) is 4.71. The van der Waals surface area contributed by atoms with E-state index in [0.29, 0.717) is 18.3 Å². The van der Waals surface area contributed by atoms with Crippen molar-refractivity contribution < 1.29 is 13.2 Å². The van der Waals surface area contributed by atoms with Crippen molar-refractivity contribution in [2.75, 3.05) is 0 Å². The molecule has 114 valence electrons. The molecular weight excluding hydrogens is 281 g/mol. The van der Waals surface area contributed by atoms with Gasteiger partial charge in [0.25, 0.3) is 0 Å². The zero-order valence-corrected chi connectivity index (χ0v) is 11.9. The van der Waals surface area contributed by atoms with Gasteiger partial charge >= 0.3 is 0 Å². The van der Waals surface area contributed by atoms with Crippen LogP contribution in [0.4, 0.5) is 13.2 Å². The number of aromatic nitrogens is 3. The second kappa shape index (κ2) is 6.26. The zero-order valence-electron chi connectivity index (χ0n) is 11.9. The molecule has 0 aliphatic heterocycles. The average molecular weight is 298 g/mol. The van der Waals surface area contributed by atoms with Crippen LogP contribution in [0.1, 0.15) is 31.3 Å². The van der Waals surface area contributed by atoms with Crippen LogP contribution in [0.5, 0.6) is 0 Å². The highest BCUT2D eigenvalue weighted by atomic mass is 19.2. The van der Waals surface area contributed by atoms with Gasteiger partial charge in [0, 0.05) is 24.6 Å². The van der Waals surface area contributed by atoms with Gasteiger partial charge in [-0.15, -0.1) is 0 Å². The van der Waals surface area contributed by atoms with E-state index in [-0.39, 0.29) is 12.0 Å². The van der Waals surface area contributed by atoms with E-state index in [9.17, 15) is 13.2 Å². The number of hydrogen-bond acceptors (Lipinski definition) is 3. The lowest BCUT2D eigenvalue weighted by molar-refractivity contribution is 0.430. The topological polar surface area (TPSA) is 56.7 Å². The van der Waals surface area contributed by atoms with E-state index in [4.69, 9.17) is 5.73 Å². The molecule has 0 amide bonds. The first-order valence-corrected chi connectivity index (χ1v) is 6.65. The van der Waals surface area contributed by atoms with Gasteiger partial charge in [-0.1, -0.05) is 19.9 Å². The number of benzene rings is 1. The van der Waals surface area contributed by atoms with Crippen LogP contribution in [0.3, 0.4) is 0 Å². The third-order valence-electron chi connectivity index (χ3n) is 3.10. The van der Waals surface area contributed by atoms with Crippen molar-refractivity contribution in [3.63, 3.8) is 0 Å². The molecule has 1 aromatic heterocycles. The fourth-order valence-electron chi connectivity index (χ4n) is 2.08. The number of nitrogens with zero attached hydrogens (tertiary/aromatic N) is 3. The van der Waals surface area contributed by atoms with Crippen LogP contribution in [-0.4, -0.2) is 14.8 Å². The molecule has 0 fully saturated rings. The largest absolute Gasteiger partial charge is 0.323 e. The first-order chi connectivity index (χ1) is 9.90. The van der Waals surface area contributed by atoms with Crippen molar-refractivity contribution in [1.82, 2.24) is 14.8 Å². The van der Waals surface area contributed by atoms with Crippen LogP contribution >= 0.6 is 0 Å². The molecule has 0 spiro atoms. The summed E-state index contributed by atoms with van der Waals surface area (Å²) in [4.78, 5) is 4.09. The summed E-state index contributed by atoms with van der Waals surface area (Å²) in [7, 11) is 0. The predicted molar refractivity (Wildman–Crippen MR) is 71.8 cm³/mol. The van der Waals surface area contributed by atoms with Gasteiger partial charge in [0.2, 0.25) is 0 Å². The van der Waals surface area contributed by atoms with Crippen molar-refractivity contribution in [2.45, 2.75) is 32.9 Å². The second-order valence-corrected chi connectivity index (χ2v) is 5.33. The molecule has 0 radical (unpaired) electrons. The molecule has 2 rings (SSSR count). The quantitative estimate of drug-likeness (QED) is 0.863. The number of hydrogen-bond donors (Lipinski definition) is 1. The number of nitrogens with two attached hydrogens (primary N) is 1. The fourth-order valence-corrected chi connectivity index (χ4v) is 2.08. The Bertz CT molecular complexity index is 625. The van der Waals surface area contributed by atoms with E-state index < -0.39 is 23.5 Å². The summed E-state index contributed by atoms with van der Waals surface area (Å²) in [6, 6.07) is 1.20. The van der Waals surface area contributed by atoms with E-state index in [1.165, 1.54) is 6.33 Å². The van der Waals surface area contributed by atoms with Gasteiger partial charge in [0.1, 0.15) is 12.2 Å². The number of rotatable bonds is 5. The van der Waals surface area contributed by atoms with E-state index in [2.05, 4.69) is 10.1 Å². The highest BCUT2D eigenvalue weighted by molar-refractivity contribution is 5.24. The van der Waals surface area contributed by atoms with E-state index >= 15 is 0 Å². The standard InChI is InChI=1S/C14H17F3N4/c1-8(2)6-21-12(19-7-20-21)5-11(18)9-3-4-10(15)14(17)13(9)16/h3-4,7-8,11H,5-6,18H2,1-2H3. The van der Waals surface area contributed by atoms with Crippen molar-refractivity contribution in [3.8, 4) is 0 Å². The molecule has 1 aromatic carbocycles. The Labute approximate surface area is 120 Å². The summed E-state index contributed by atoms with van der Waals surface area (Å²) < 4.78 is 41.6. The van der Waals surface area contributed by atoms with Crippen molar-refractivity contribution in [1.29, 1.82) is 0 Å². The summed E-state index contributed by atoms with van der Waals surface area (Å²) >= 11 is 0. The molecule has 0 saturated carbocycles. The first-order valence-electron chi connectivity index (χ1n) is 6.65. The van der Waals surface area contributed by atoms with Crippen LogP contribution in [0.15, 0.2) is 18.5 Å². The maximum absolute atomic E-state index is 13.7. The van der Waals surface area contributed by atoms with Crippen molar-refractivity contribution in [3.05, 3.63) is 47.3 Å².